The molecule has 1 aromatic rings. The fraction of sp³-hybridized carbons (Fsp3) is 0.533. The molecular weight excluding hydrogens is 242 g/mol. The molecule has 0 fully saturated rings. The van der Waals surface area contributed by atoms with Crippen LogP contribution in [0.2, 0.25) is 0 Å². The number of Topliss-reactive ketones (excluding diaryl/α,β-unsaturated/α-hetero) is 1. The van der Waals surface area contributed by atoms with Gasteiger partial charge in [-0.1, -0.05) is 0 Å². The van der Waals surface area contributed by atoms with E-state index in [0.29, 0.717) is 13.2 Å². The lowest BCUT2D eigenvalue weighted by Crippen LogP contribution is -2.19. The van der Waals surface area contributed by atoms with E-state index in [0.717, 1.165) is 37.4 Å². The summed E-state index contributed by atoms with van der Waals surface area (Å²) in [7, 11) is 0. The molecule has 0 unspecified atom stereocenters. The molecule has 0 saturated heterocycles. The first-order chi connectivity index (χ1) is 9.16. The van der Waals surface area contributed by atoms with Gasteiger partial charge in [0, 0.05) is 6.42 Å². The lowest BCUT2D eigenvalue weighted by atomic mass is 10.0. The van der Waals surface area contributed by atoms with Gasteiger partial charge in [-0.25, -0.2) is 0 Å². The number of hydrogen-bond donors (Lipinski definition) is 1. The minimum atomic E-state index is 0.258. The molecule has 1 heterocycles. The summed E-state index contributed by atoms with van der Waals surface area (Å²) in [6.07, 6.45) is 2.54. The smallest absolute Gasteiger partial charge is 0.231 e. The lowest BCUT2D eigenvalue weighted by molar-refractivity contribution is -0.117. The average molecular weight is 263 g/mol. The van der Waals surface area contributed by atoms with Gasteiger partial charge in [-0.05, 0) is 63.0 Å². The lowest BCUT2D eigenvalue weighted by Gasteiger charge is -2.08. The zero-order valence-corrected chi connectivity index (χ0v) is 11.6. The van der Waals surface area contributed by atoms with Crippen molar-refractivity contribution in [1.29, 1.82) is 0 Å². The number of benzene rings is 1. The number of aryl methyl sites for hydroxylation is 1. The van der Waals surface area contributed by atoms with Gasteiger partial charge in [0.1, 0.15) is 5.78 Å². The molecule has 1 aliphatic rings. The number of rotatable bonds is 7. The van der Waals surface area contributed by atoms with Gasteiger partial charge in [0.05, 0.1) is 0 Å². The molecule has 4 heteroatoms. The highest BCUT2D eigenvalue weighted by molar-refractivity contribution is 5.75. The summed E-state index contributed by atoms with van der Waals surface area (Å²) in [5.41, 5.74) is 2.51. The average Bonchev–Trinajstić information content (AvgIpc) is 2.80. The second kappa shape index (κ2) is 6.57. The van der Waals surface area contributed by atoms with Crippen molar-refractivity contribution < 1.29 is 14.3 Å². The quantitative estimate of drug-likeness (QED) is 0.766. The molecule has 19 heavy (non-hydrogen) atoms. The Kier molecular flexibility index (Phi) is 4.80. The van der Waals surface area contributed by atoms with Crippen LogP contribution in [-0.2, 0) is 11.2 Å². The van der Waals surface area contributed by atoms with E-state index in [1.54, 1.807) is 6.92 Å². The molecule has 0 amide bonds. The zero-order valence-electron chi connectivity index (χ0n) is 11.6. The van der Waals surface area contributed by atoms with Gasteiger partial charge in [0.2, 0.25) is 6.79 Å². The van der Waals surface area contributed by atoms with E-state index in [9.17, 15) is 4.79 Å². The summed E-state index contributed by atoms with van der Waals surface area (Å²) >= 11 is 0. The SMILES string of the molecule is CC(=O)CCCNCCc1cc2c(cc1C)OCO2. The van der Waals surface area contributed by atoms with Crippen LogP contribution in [0.5, 0.6) is 11.5 Å². The standard InChI is InChI=1S/C15H21NO3/c1-11-8-14-15(19-10-18-14)9-13(11)5-7-16-6-3-4-12(2)17/h8-9,16H,3-7,10H2,1-2H3. The topological polar surface area (TPSA) is 47.6 Å². The first-order valence-electron chi connectivity index (χ1n) is 6.76. The molecule has 0 aromatic heterocycles. The molecule has 1 N–H and O–H groups in total. The summed E-state index contributed by atoms with van der Waals surface area (Å²) in [6.45, 7) is 5.85. The van der Waals surface area contributed by atoms with Crippen molar-refractivity contribution in [2.24, 2.45) is 0 Å². The van der Waals surface area contributed by atoms with Crippen molar-refractivity contribution in [2.75, 3.05) is 19.9 Å². The monoisotopic (exact) mass is 263 g/mol. The minimum absolute atomic E-state index is 0.258. The van der Waals surface area contributed by atoms with Crippen LogP contribution >= 0.6 is 0 Å². The fourth-order valence-corrected chi connectivity index (χ4v) is 2.17. The van der Waals surface area contributed by atoms with Crippen molar-refractivity contribution in [2.45, 2.75) is 33.1 Å². The first kappa shape index (κ1) is 13.9. The van der Waals surface area contributed by atoms with Crippen LogP contribution in [0.25, 0.3) is 0 Å². The van der Waals surface area contributed by atoms with Crippen molar-refractivity contribution >= 4 is 5.78 Å². The van der Waals surface area contributed by atoms with E-state index in [-0.39, 0.29) is 5.78 Å². The largest absolute Gasteiger partial charge is 0.454 e. The summed E-state index contributed by atoms with van der Waals surface area (Å²) in [5.74, 6) is 1.95. The maximum atomic E-state index is 10.8. The summed E-state index contributed by atoms with van der Waals surface area (Å²) < 4.78 is 10.7. The maximum absolute atomic E-state index is 10.8. The van der Waals surface area contributed by atoms with E-state index < -0.39 is 0 Å². The number of carbonyl (C=O) groups is 1. The number of carbonyl (C=O) groups excluding carboxylic acids is 1. The third-order valence-corrected chi connectivity index (χ3v) is 3.28. The van der Waals surface area contributed by atoms with Crippen LogP contribution in [0, 0.1) is 6.92 Å². The van der Waals surface area contributed by atoms with E-state index in [2.05, 4.69) is 18.3 Å². The zero-order chi connectivity index (χ0) is 13.7. The molecule has 0 saturated carbocycles. The highest BCUT2D eigenvalue weighted by Crippen LogP contribution is 2.34. The number of ether oxygens (including phenoxy) is 2. The molecule has 0 aliphatic carbocycles. The maximum Gasteiger partial charge on any atom is 0.231 e. The van der Waals surface area contributed by atoms with E-state index in [4.69, 9.17) is 9.47 Å². The van der Waals surface area contributed by atoms with E-state index >= 15 is 0 Å². The van der Waals surface area contributed by atoms with Crippen molar-refractivity contribution in [3.63, 3.8) is 0 Å². The second-order valence-corrected chi connectivity index (χ2v) is 4.94. The van der Waals surface area contributed by atoms with Crippen LogP contribution in [0.1, 0.15) is 30.9 Å². The van der Waals surface area contributed by atoms with Crippen LogP contribution in [0.15, 0.2) is 12.1 Å². The number of ketones is 1. The molecule has 2 rings (SSSR count). The molecule has 104 valence electrons. The number of hydrogen-bond acceptors (Lipinski definition) is 4. The van der Waals surface area contributed by atoms with Gasteiger partial charge < -0.3 is 19.6 Å². The Morgan fingerprint density at radius 1 is 1.26 bits per heavy atom. The van der Waals surface area contributed by atoms with Crippen molar-refractivity contribution in [3.8, 4) is 11.5 Å². The van der Waals surface area contributed by atoms with Gasteiger partial charge in [0.15, 0.2) is 11.5 Å². The van der Waals surface area contributed by atoms with Crippen molar-refractivity contribution in [1.82, 2.24) is 5.32 Å². The van der Waals surface area contributed by atoms with Crippen LogP contribution in [0.4, 0.5) is 0 Å². The molecule has 0 bridgehead atoms. The molecule has 0 radical (unpaired) electrons. The van der Waals surface area contributed by atoms with Gasteiger partial charge in [-0.2, -0.15) is 0 Å². The van der Waals surface area contributed by atoms with E-state index in [1.165, 1.54) is 11.1 Å². The molecule has 4 nitrogen and oxygen atoms in total. The van der Waals surface area contributed by atoms with Crippen LogP contribution in [0.3, 0.4) is 0 Å². The van der Waals surface area contributed by atoms with E-state index in [1.807, 2.05) is 6.07 Å². The van der Waals surface area contributed by atoms with Gasteiger partial charge in [-0.3, -0.25) is 0 Å². The Morgan fingerprint density at radius 3 is 2.74 bits per heavy atom. The third-order valence-electron chi connectivity index (χ3n) is 3.28. The predicted molar refractivity (Wildman–Crippen MR) is 73.8 cm³/mol. The first-order valence-corrected chi connectivity index (χ1v) is 6.76. The highest BCUT2D eigenvalue weighted by Gasteiger charge is 2.15. The Labute approximate surface area is 114 Å². The summed E-state index contributed by atoms with van der Waals surface area (Å²) in [6, 6.07) is 4.10. The molecule has 0 spiro atoms. The highest BCUT2D eigenvalue weighted by atomic mass is 16.7. The Bertz CT molecular complexity index is 457. The summed E-state index contributed by atoms with van der Waals surface area (Å²) in [5, 5.41) is 3.36. The Hall–Kier alpha value is -1.55. The van der Waals surface area contributed by atoms with Crippen molar-refractivity contribution in [3.05, 3.63) is 23.3 Å². The molecule has 1 aromatic carbocycles. The number of fused-ring (bicyclic) bond motifs is 1. The Balaban J connectivity index is 1.75. The predicted octanol–water partition coefficient (Wildman–Crippen LogP) is 2.23. The Morgan fingerprint density at radius 2 is 2.00 bits per heavy atom. The normalized spacial score (nSPS) is 12.7. The van der Waals surface area contributed by atoms with Crippen LogP contribution < -0.4 is 14.8 Å². The molecule has 1 aliphatic heterocycles. The van der Waals surface area contributed by atoms with Crippen LogP contribution in [-0.4, -0.2) is 25.7 Å². The number of nitrogens with one attached hydrogen (secondary N) is 1. The second-order valence-electron chi connectivity index (χ2n) is 4.94. The van der Waals surface area contributed by atoms with Gasteiger partial charge in [-0.15, -0.1) is 0 Å². The van der Waals surface area contributed by atoms with Gasteiger partial charge >= 0.3 is 0 Å². The minimum Gasteiger partial charge on any atom is -0.454 e. The molecule has 0 atom stereocenters. The fourth-order valence-electron chi connectivity index (χ4n) is 2.17. The molecular formula is C15H21NO3. The third kappa shape index (κ3) is 3.96. The summed E-state index contributed by atoms with van der Waals surface area (Å²) in [4.78, 5) is 10.8. The van der Waals surface area contributed by atoms with Gasteiger partial charge in [0.25, 0.3) is 0 Å².